The number of ether oxygens (including phenoxy) is 2. The number of hydrogen-bond donors (Lipinski definition) is 2. The molecular formula is C22H25N5O6S2. The molecule has 0 spiro atoms. The maximum absolute atomic E-state index is 13.0. The molecule has 11 nitrogen and oxygen atoms in total. The lowest BCUT2D eigenvalue weighted by molar-refractivity contribution is -0.113. The molecule has 1 amide bonds. The van der Waals surface area contributed by atoms with Gasteiger partial charge in [0.2, 0.25) is 15.9 Å². The second kappa shape index (κ2) is 10.3. The van der Waals surface area contributed by atoms with E-state index in [0.29, 0.717) is 30.0 Å². The van der Waals surface area contributed by atoms with Crippen molar-refractivity contribution in [3.05, 3.63) is 45.9 Å². The molecule has 0 unspecified atom stereocenters. The molecule has 1 saturated heterocycles. The lowest BCUT2D eigenvalue weighted by atomic mass is 10.2. The minimum atomic E-state index is -3.75. The molecule has 0 bridgehead atoms. The zero-order valence-corrected chi connectivity index (χ0v) is 21.1. The van der Waals surface area contributed by atoms with E-state index < -0.39 is 15.9 Å². The van der Waals surface area contributed by atoms with Crippen molar-refractivity contribution < 1.29 is 22.7 Å². The Kier molecular flexibility index (Phi) is 7.40. The van der Waals surface area contributed by atoms with E-state index in [9.17, 15) is 18.0 Å². The number of aryl methyl sites for hydroxylation is 2. The number of sulfonamides is 1. The van der Waals surface area contributed by atoms with Crippen LogP contribution < -0.4 is 15.6 Å². The number of methoxy groups -OCH3 is 1. The number of nitrogens with zero attached hydrogens (tertiary/aromatic N) is 3. The molecule has 186 valence electrons. The molecular weight excluding hydrogens is 494 g/mol. The number of carbonyl (C=O) groups excluding carboxylic acids is 1. The first-order valence-electron chi connectivity index (χ1n) is 10.8. The van der Waals surface area contributed by atoms with Crippen molar-refractivity contribution in [1.82, 2.24) is 19.3 Å². The maximum Gasteiger partial charge on any atom is 0.261 e. The summed E-state index contributed by atoms with van der Waals surface area (Å²) in [5.74, 6) is -0.190. The van der Waals surface area contributed by atoms with Crippen LogP contribution in [0.2, 0.25) is 0 Å². The van der Waals surface area contributed by atoms with Gasteiger partial charge in [-0.1, -0.05) is 11.8 Å². The van der Waals surface area contributed by atoms with E-state index in [-0.39, 0.29) is 40.1 Å². The van der Waals surface area contributed by atoms with E-state index in [1.165, 1.54) is 29.6 Å². The van der Waals surface area contributed by atoms with Crippen LogP contribution in [0.15, 0.2) is 39.1 Å². The van der Waals surface area contributed by atoms with E-state index in [1.54, 1.807) is 6.07 Å². The molecule has 1 aliphatic heterocycles. The summed E-state index contributed by atoms with van der Waals surface area (Å²) in [5.41, 5.74) is 1.72. The average Bonchev–Trinajstić information content (AvgIpc) is 2.82. The van der Waals surface area contributed by atoms with Crippen molar-refractivity contribution >= 4 is 44.4 Å². The Labute approximate surface area is 206 Å². The summed E-state index contributed by atoms with van der Waals surface area (Å²) in [6, 6.07) is 6.11. The van der Waals surface area contributed by atoms with Crippen LogP contribution in [0.5, 0.6) is 5.75 Å². The third kappa shape index (κ3) is 5.48. The molecule has 0 atom stereocenters. The third-order valence-electron chi connectivity index (χ3n) is 5.37. The summed E-state index contributed by atoms with van der Waals surface area (Å²) in [6.45, 7) is 4.81. The van der Waals surface area contributed by atoms with Crippen molar-refractivity contribution in [3.8, 4) is 5.75 Å². The number of thioether (sulfide) groups is 1. The maximum atomic E-state index is 13.0. The number of carbonyl (C=O) groups is 1. The van der Waals surface area contributed by atoms with E-state index in [1.807, 2.05) is 13.8 Å². The number of hydrogen-bond acceptors (Lipinski definition) is 9. The number of nitrogens with one attached hydrogen (secondary N) is 2. The number of benzene rings is 1. The Bertz CT molecular complexity index is 1430. The number of H-pyrrole nitrogens is 1. The number of aromatic amines is 1. The SMILES string of the molecule is COc1ccc(S(=O)(=O)N2CCOCC2)cc1NC(=O)CSc1nc2nc(C)cc(C)c2c(=O)[nH]1. The second-order valence-corrected chi connectivity index (χ2v) is 10.8. The Morgan fingerprint density at radius 2 is 1.97 bits per heavy atom. The summed E-state index contributed by atoms with van der Waals surface area (Å²) >= 11 is 1.03. The number of fused-ring (bicyclic) bond motifs is 1. The Hall–Kier alpha value is -3.00. The molecule has 2 N–H and O–H groups in total. The van der Waals surface area contributed by atoms with Crippen LogP contribution in [0.3, 0.4) is 0 Å². The predicted octanol–water partition coefficient (Wildman–Crippen LogP) is 1.70. The van der Waals surface area contributed by atoms with E-state index in [2.05, 4.69) is 20.3 Å². The van der Waals surface area contributed by atoms with Crippen molar-refractivity contribution in [2.75, 3.05) is 44.5 Å². The highest BCUT2D eigenvalue weighted by atomic mass is 32.2. The highest BCUT2D eigenvalue weighted by molar-refractivity contribution is 7.99. The van der Waals surface area contributed by atoms with E-state index >= 15 is 0 Å². The van der Waals surface area contributed by atoms with Gasteiger partial charge in [-0.2, -0.15) is 4.31 Å². The zero-order valence-electron chi connectivity index (χ0n) is 19.5. The average molecular weight is 520 g/mol. The molecule has 3 heterocycles. The van der Waals surface area contributed by atoms with Gasteiger partial charge in [0.25, 0.3) is 5.56 Å². The standard InChI is InChI=1S/C22H25N5O6S2/c1-13-10-14(2)23-20-19(13)21(29)26-22(25-20)34-12-18(28)24-16-11-15(4-5-17(16)32-3)35(30,31)27-6-8-33-9-7-27/h4-5,10-11H,6-9,12H2,1-3H3,(H,24,28)(H,23,25,26,29). The first-order valence-corrected chi connectivity index (χ1v) is 13.2. The number of pyridine rings is 1. The second-order valence-electron chi connectivity index (χ2n) is 7.87. The molecule has 0 radical (unpaired) electrons. The van der Waals surface area contributed by atoms with Gasteiger partial charge in [-0.15, -0.1) is 0 Å². The lowest BCUT2D eigenvalue weighted by Gasteiger charge is -2.26. The van der Waals surface area contributed by atoms with Gasteiger partial charge >= 0.3 is 0 Å². The van der Waals surface area contributed by atoms with Gasteiger partial charge in [-0.3, -0.25) is 9.59 Å². The monoisotopic (exact) mass is 519 g/mol. The molecule has 13 heteroatoms. The number of rotatable bonds is 7. The first-order chi connectivity index (χ1) is 16.7. The fourth-order valence-corrected chi connectivity index (χ4v) is 5.82. The van der Waals surface area contributed by atoms with Crippen LogP contribution in [-0.2, 0) is 19.6 Å². The molecule has 0 saturated carbocycles. The summed E-state index contributed by atoms with van der Waals surface area (Å²) in [4.78, 5) is 36.6. The lowest BCUT2D eigenvalue weighted by Crippen LogP contribution is -2.40. The summed E-state index contributed by atoms with van der Waals surface area (Å²) in [7, 11) is -2.32. The molecule has 2 aromatic heterocycles. The van der Waals surface area contributed by atoms with Crippen LogP contribution in [0.25, 0.3) is 11.0 Å². The topological polar surface area (TPSA) is 144 Å². The third-order valence-corrected chi connectivity index (χ3v) is 8.14. The summed E-state index contributed by atoms with van der Waals surface area (Å²) < 4.78 is 37.8. The Morgan fingerprint density at radius 1 is 1.23 bits per heavy atom. The quantitative estimate of drug-likeness (QED) is 0.352. The van der Waals surface area contributed by atoms with Crippen LogP contribution in [-0.4, -0.2) is 72.7 Å². The smallest absolute Gasteiger partial charge is 0.261 e. The molecule has 0 aliphatic carbocycles. The van der Waals surface area contributed by atoms with Crippen molar-refractivity contribution in [1.29, 1.82) is 0 Å². The summed E-state index contributed by atoms with van der Waals surface area (Å²) in [5, 5.41) is 3.35. The van der Waals surface area contributed by atoms with Gasteiger partial charge in [0.05, 0.1) is 42.0 Å². The molecule has 1 aromatic carbocycles. The largest absolute Gasteiger partial charge is 0.495 e. The van der Waals surface area contributed by atoms with Gasteiger partial charge in [0, 0.05) is 18.8 Å². The normalized spacial score (nSPS) is 14.7. The fourth-order valence-electron chi connectivity index (χ4n) is 3.73. The van der Waals surface area contributed by atoms with Crippen LogP contribution in [0.1, 0.15) is 11.3 Å². The van der Waals surface area contributed by atoms with Gasteiger partial charge in [-0.25, -0.2) is 18.4 Å². The highest BCUT2D eigenvalue weighted by Gasteiger charge is 2.27. The van der Waals surface area contributed by atoms with Gasteiger partial charge in [-0.05, 0) is 43.7 Å². The number of amides is 1. The van der Waals surface area contributed by atoms with Crippen molar-refractivity contribution in [3.63, 3.8) is 0 Å². The number of aromatic nitrogens is 3. The fraction of sp³-hybridized carbons (Fsp3) is 0.364. The summed E-state index contributed by atoms with van der Waals surface area (Å²) in [6.07, 6.45) is 0. The van der Waals surface area contributed by atoms with Crippen LogP contribution >= 0.6 is 11.8 Å². The van der Waals surface area contributed by atoms with Gasteiger partial charge in [0.1, 0.15) is 5.75 Å². The minimum Gasteiger partial charge on any atom is -0.495 e. The van der Waals surface area contributed by atoms with Gasteiger partial charge < -0.3 is 19.8 Å². The van der Waals surface area contributed by atoms with E-state index in [0.717, 1.165) is 23.0 Å². The Balaban J connectivity index is 1.51. The molecule has 35 heavy (non-hydrogen) atoms. The molecule has 1 fully saturated rings. The van der Waals surface area contributed by atoms with Crippen molar-refractivity contribution in [2.45, 2.75) is 23.9 Å². The number of anilines is 1. The van der Waals surface area contributed by atoms with E-state index in [4.69, 9.17) is 9.47 Å². The molecule has 3 aromatic rings. The van der Waals surface area contributed by atoms with Crippen LogP contribution in [0, 0.1) is 13.8 Å². The van der Waals surface area contributed by atoms with Crippen molar-refractivity contribution in [2.24, 2.45) is 0 Å². The highest BCUT2D eigenvalue weighted by Crippen LogP contribution is 2.29. The molecule has 1 aliphatic rings. The Morgan fingerprint density at radius 3 is 2.69 bits per heavy atom. The predicted molar refractivity (Wildman–Crippen MR) is 132 cm³/mol. The van der Waals surface area contributed by atoms with Crippen LogP contribution in [0.4, 0.5) is 5.69 Å². The zero-order chi connectivity index (χ0) is 25.2. The first kappa shape index (κ1) is 25.1. The van der Waals surface area contributed by atoms with Gasteiger partial charge in [0.15, 0.2) is 10.8 Å². The number of morpholine rings is 1. The molecule has 4 rings (SSSR count). The minimum absolute atomic E-state index is 0.0421.